The Bertz CT molecular complexity index is 458. The van der Waals surface area contributed by atoms with Gasteiger partial charge in [-0.25, -0.2) is 8.78 Å². The van der Waals surface area contributed by atoms with Gasteiger partial charge in [-0.2, -0.15) is 8.78 Å². The van der Waals surface area contributed by atoms with Crippen molar-refractivity contribution >= 4 is 23.0 Å². The topological polar surface area (TPSA) is 46.2 Å². The van der Waals surface area contributed by atoms with Gasteiger partial charge in [0.1, 0.15) is 0 Å². The highest BCUT2D eigenvalue weighted by Crippen LogP contribution is 2.22. The Morgan fingerprint density at radius 3 is 2.50 bits per heavy atom. The highest BCUT2D eigenvalue weighted by atomic mass is 32.1. The van der Waals surface area contributed by atoms with Crippen molar-refractivity contribution < 1.29 is 27.2 Å². The highest BCUT2D eigenvalue weighted by Gasteiger charge is 2.40. The first-order valence-corrected chi connectivity index (χ1v) is 5.65. The molecule has 0 saturated heterocycles. The minimum atomic E-state index is -4.27. The molecular weight excluding hydrogens is 274 g/mol. The van der Waals surface area contributed by atoms with Crippen molar-refractivity contribution in [1.29, 1.82) is 0 Å². The number of amides is 1. The monoisotopic (exact) mass is 283 g/mol. The number of ketones is 1. The lowest BCUT2D eigenvalue weighted by molar-refractivity contribution is -0.123. The molecule has 0 unspecified atom stereocenters. The van der Waals surface area contributed by atoms with Crippen molar-refractivity contribution in [2.24, 2.45) is 0 Å². The average Bonchev–Trinajstić information content (AvgIpc) is 2.75. The molecule has 0 aromatic carbocycles. The molecule has 8 heteroatoms. The van der Waals surface area contributed by atoms with E-state index in [4.69, 9.17) is 0 Å². The smallest absolute Gasteiger partial charge is 0.324 e. The first-order valence-electron chi connectivity index (χ1n) is 4.77. The Morgan fingerprint density at radius 1 is 1.44 bits per heavy atom. The zero-order valence-electron chi connectivity index (χ0n) is 9.18. The maximum absolute atomic E-state index is 12.5. The molecule has 0 radical (unpaired) electrons. The maximum Gasteiger partial charge on any atom is 0.324 e. The van der Waals surface area contributed by atoms with E-state index in [0.29, 0.717) is 0 Å². The predicted octanol–water partition coefficient (Wildman–Crippen LogP) is 2.58. The Labute approximate surface area is 104 Å². The Hall–Kier alpha value is -1.44. The van der Waals surface area contributed by atoms with E-state index in [1.165, 1.54) is 18.4 Å². The molecule has 0 atom stereocenters. The van der Waals surface area contributed by atoms with Crippen LogP contribution in [0.4, 0.5) is 17.6 Å². The van der Waals surface area contributed by atoms with Crippen LogP contribution in [-0.2, 0) is 0 Å². The lowest BCUT2D eigenvalue weighted by Crippen LogP contribution is -2.41. The molecule has 1 aromatic rings. The first-order chi connectivity index (χ1) is 8.24. The zero-order valence-corrected chi connectivity index (χ0v) is 9.99. The number of thiophene rings is 1. The van der Waals surface area contributed by atoms with Crippen LogP contribution in [0.5, 0.6) is 0 Å². The largest absolute Gasteiger partial charge is 0.345 e. The van der Waals surface area contributed by atoms with Gasteiger partial charge in [0, 0.05) is 10.9 Å². The number of nitrogens with one attached hydrogen (secondary N) is 1. The number of rotatable bonds is 5. The molecule has 0 aliphatic heterocycles. The number of halogens is 4. The second-order valence-electron chi connectivity index (χ2n) is 3.50. The van der Waals surface area contributed by atoms with Crippen molar-refractivity contribution in [2.75, 3.05) is 6.54 Å². The molecule has 0 saturated carbocycles. The van der Waals surface area contributed by atoms with E-state index < -0.39 is 24.8 Å². The van der Waals surface area contributed by atoms with Crippen LogP contribution in [0, 0.1) is 0 Å². The minimum absolute atomic E-state index is 0.0188. The number of hydrogen-bond acceptors (Lipinski definition) is 3. The van der Waals surface area contributed by atoms with E-state index in [-0.39, 0.29) is 16.2 Å². The molecular formula is C10H9F4NO2S. The number of alkyl halides is 4. The molecule has 1 heterocycles. The summed E-state index contributed by atoms with van der Waals surface area (Å²) in [5.74, 6) is -5.45. The van der Waals surface area contributed by atoms with E-state index >= 15 is 0 Å². The molecule has 1 N–H and O–H groups in total. The molecule has 1 rings (SSSR count). The summed E-state index contributed by atoms with van der Waals surface area (Å²) in [6.07, 6.45) is -3.84. The van der Waals surface area contributed by atoms with Crippen LogP contribution in [0.1, 0.15) is 27.0 Å². The number of hydrogen-bond donors (Lipinski definition) is 1. The van der Waals surface area contributed by atoms with Crippen LogP contribution in [-0.4, -0.2) is 30.6 Å². The van der Waals surface area contributed by atoms with Crippen LogP contribution in [0.15, 0.2) is 11.4 Å². The Kier molecular flexibility index (Phi) is 4.44. The number of Topliss-reactive ketones (excluding diaryl/α,β-unsaturated/α-hetero) is 1. The summed E-state index contributed by atoms with van der Waals surface area (Å²) in [6, 6.07) is 1.23. The van der Waals surface area contributed by atoms with Crippen molar-refractivity contribution in [3.8, 4) is 0 Å². The molecule has 0 fully saturated rings. The first kappa shape index (κ1) is 14.6. The summed E-state index contributed by atoms with van der Waals surface area (Å²) in [5, 5.41) is 3.09. The molecule has 0 aliphatic rings. The summed E-state index contributed by atoms with van der Waals surface area (Å²) >= 11 is 0.880. The van der Waals surface area contributed by atoms with Gasteiger partial charge in [0.05, 0.1) is 11.4 Å². The van der Waals surface area contributed by atoms with Gasteiger partial charge >= 0.3 is 12.3 Å². The van der Waals surface area contributed by atoms with Gasteiger partial charge in [-0.05, 0) is 13.0 Å². The fourth-order valence-corrected chi connectivity index (χ4v) is 1.86. The van der Waals surface area contributed by atoms with Gasteiger partial charge in [0.15, 0.2) is 5.78 Å². The number of carbonyl (C=O) groups excluding carboxylic acids is 2. The lowest BCUT2D eigenvalue weighted by atomic mass is 10.2. The molecule has 100 valence electrons. The third-order valence-electron chi connectivity index (χ3n) is 2.03. The fraction of sp³-hybridized carbons (Fsp3) is 0.400. The van der Waals surface area contributed by atoms with E-state index in [2.05, 4.69) is 0 Å². The maximum atomic E-state index is 12.5. The van der Waals surface area contributed by atoms with Gasteiger partial charge in [0.25, 0.3) is 5.91 Å². The predicted molar refractivity (Wildman–Crippen MR) is 57.6 cm³/mol. The minimum Gasteiger partial charge on any atom is -0.345 e. The van der Waals surface area contributed by atoms with Crippen molar-refractivity contribution in [3.05, 3.63) is 21.9 Å². The van der Waals surface area contributed by atoms with Crippen molar-refractivity contribution in [1.82, 2.24) is 5.32 Å². The molecule has 0 aliphatic carbocycles. The second-order valence-corrected chi connectivity index (χ2v) is 4.41. The third kappa shape index (κ3) is 3.52. The third-order valence-corrected chi connectivity index (χ3v) is 2.96. The summed E-state index contributed by atoms with van der Waals surface area (Å²) in [7, 11) is 0. The average molecular weight is 283 g/mol. The number of carbonyl (C=O) groups is 2. The molecule has 3 nitrogen and oxygen atoms in total. The molecule has 0 spiro atoms. The summed E-state index contributed by atoms with van der Waals surface area (Å²) < 4.78 is 48.7. The van der Waals surface area contributed by atoms with Gasteiger partial charge in [-0.3, -0.25) is 9.59 Å². The van der Waals surface area contributed by atoms with Crippen LogP contribution in [0.25, 0.3) is 0 Å². The standard InChI is InChI=1S/C10H9F4NO2S/c1-5(16)6-2-7(18-3-6)8(17)15-4-10(13,14)9(11)12/h2-3,9H,4H2,1H3,(H,15,17). The van der Waals surface area contributed by atoms with Gasteiger partial charge in [-0.15, -0.1) is 11.3 Å². The van der Waals surface area contributed by atoms with E-state index in [0.717, 1.165) is 11.3 Å². The lowest BCUT2D eigenvalue weighted by Gasteiger charge is -2.15. The summed E-state index contributed by atoms with van der Waals surface area (Å²) in [4.78, 5) is 22.3. The van der Waals surface area contributed by atoms with Gasteiger partial charge < -0.3 is 5.32 Å². The molecule has 1 aromatic heterocycles. The van der Waals surface area contributed by atoms with Crippen molar-refractivity contribution in [2.45, 2.75) is 19.3 Å². The molecule has 18 heavy (non-hydrogen) atoms. The van der Waals surface area contributed by atoms with Crippen LogP contribution in [0.2, 0.25) is 0 Å². The zero-order chi connectivity index (χ0) is 13.9. The molecule has 0 bridgehead atoms. The van der Waals surface area contributed by atoms with Crippen molar-refractivity contribution in [3.63, 3.8) is 0 Å². The Morgan fingerprint density at radius 2 is 2.06 bits per heavy atom. The second kappa shape index (κ2) is 5.47. The fourth-order valence-electron chi connectivity index (χ4n) is 1.00. The van der Waals surface area contributed by atoms with E-state index in [1.807, 2.05) is 0 Å². The van der Waals surface area contributed by atoms with Crippen LogP contribution in [0.3, 0.4) is 0 Å². The normalized spacial score (nSPS) is 11.7. The SMILES string of the molecule is CC(=O)c1csc(C(=O)NCC(F)(F)C(F)F)c1. The summed E-state index contributed by atoms with van der Waals surface area (Å²) in [5.41, 5.74) is 0.269. The molecule has 1 amide bonds. The van der Waals surface area contributed by atoms with Crippen LogP contribution < -0.4 is 5.32 Å². The van der Waals surface area contributed by atoms with E-state index in [9.17, 15) is 27.2 Å². The Balaban J connectivity index is 2.63. The summed E-state index contributed by atoms with van der Waals surface area (Å²) in [6.45, 7) is -0.161. The van der Waals surface area contributed by atoms with Crippen LogP contribution >= 0.6 is 11.3 Å². The van der Waals surface area contributed by atoms with E-state index in [1.54, 1.807) is 5.32 Å². The quantitative estimate of drug-likeness (QED) is 0.667. The van der Waals surface area contributed by atoms with Gasteiger partial charge in [-0.1, -0.05) is 0 Å². The van der Waals surface area contributed by atoms with Gasteiger partial charge in [0.2, 0.25) is 0 Å². The highest BCUT2D eigenvalue weighted by molar-refractivity contribution is 7.12.